The van der Waals surface area contributed by atoms with Crippen LogP contribution in [-0.4, -0.2) is 14.5 Å². The summed E-state index contributed by atoms with van der Waals surface area (Å²) in [5.41, 5.74) is 5.05. The summed E-state index contributed by atoms with van der Waals surface area (Å²) in [5.74, 6) is -0.723. The van der Waals surface area contributed by atoms with Crippen LogP contribution in [0.15, 0.2) is 17.0 Å². The molecule has 0 radical (unpaired) electrons. The van der Waals surface area contributed by atoms with Gasteiger partial charge in [-0.05, 0) is 19.1 Å². The quantitative estimate of drug-likeness (QED) is 0.625. The number of hydrogen-bond donors (Lipinski definition) is 2. The van der Waals surface area contributed by atoms with Crippen LogP contribution in [0.25, 0.3) is 0 Å². The number of nitrogens with two attached hydrogens (primary N) is 1. The third-order valence-electron chi connectivity index (χ3n) is 1.89. The molecule has 0 aliphatic heterocycles. The molecule has 0 spiro atoms. The summed E-state index contributed by atoms with van der Waals surface area (Å²) in [4.78, 5) is -0.864. The molecule has 0 bridgehead atoms. The van der Waals surface area contributed by atoms with Crippen LogP contribution in [0.4, 0.5) is 14.5 Å². The van der Waals surface area contributed by atoms with Crippen molar-refractivity contribution < 1.29 is 17.2 Å². The van der Waals surface area contributed by atoms with E-state index in [0.29, 0.717) is 6.07 Å². The van der Waals surface area contributed by atoms with Crippen molar-refractivity contribution in [2.75, 3.05) is 5.73 Å². The maximum Gasteiger partial charge on any atom is 0.244 e. The molecule has 0 saturated heterocycles. The van der Waals surface area contributed by atoms with Crippen molar-refractivity contribution >= 4 is 15.7 Å². The number of halogens is 2. The van der Waals surface area contributed by atoms with Gasteiger partial charge >= 0.3 is 0 Å². The van der Waals surface area contributed by atoms with Gasteiger partial charge in [-0.1, -0.05) is 5.92 Å². The number of terminal acetylenes is 1. The third kappa shape index (κ3) is 2.93. The fourth-order valence-electron chi connectivity index (χ4n) is 1.11. The Kier molecular flexibility index (Phi) is 3.70. The highest BCUT2D eigenvalue weighted by Crippen LogP contribution is 2.21. The number of anilines is 1. The van der Waals surface area contributed by atoms with E-state index < -0.39 is 32.6 Å². The molecule has 7 heteroatoms. The molecule has 92 valence electrons. The number of rotatable bonds is 3. The maximum atomic E-state index is 13.3. The zero-order valence-corrected chi connectivity index (χ0v) is 9.68. The molecule has 0 aliphatic rings. The lowest BCUT2D eigenvalue weighted by Crippen LogP contribution is -2.32. The van der Waals surface area contributed by atoms with Gasteiger partial charge in [-0.25, -0.2) is 17.2 Å². The van der Waals surface area contributed by atoms with Crippen molar-refractivity contribution in [1.82, 2.24) is 4.72 Å². The van der Waals surface area contributed by atoms with Crippen LogP contribution in [0.3, 0.4) is 0 Å². The molecule has 0 fully saturated rings. The smallest absolute Gasteiger partial charge is 0.244 e. The van der Waals surface area contributed by atoms with Crippen LogP contribution in [0.5, 0.6) is 0 Å². The van der Waals surface area contributed by atoms with Gasteiger partial charge in [0.05, 0.1) is 6.04 Å². The lowest BCUT2D eigenvalue weighted by Gasteiger charge is -2.10. The fraction of sp³-hybridized carbons (Fsp3) is 0.200. The van der Waals surface area contributed by atoms with Gasteiger partial charge in [-0.3, -0.25) is 0 Å². The Labute approximate surface area is 97.9 Å². The third-order valence-corrected chi connectivity index (χ3v) is 3.43. The fourth-order valence-corrected chi connectivity index (χ4v) is 2.39. The monoisotopic (exact) mass is 260 g/mol. The maximum absolute atomic E-state index is 13.3. The van der Waals surface area contributed by atoms with Crippen molar-refractivity contribution in [3.63, 3.8) is 0 Å². The molecule has 1 unspecified atom stereocenters. The molecule has 3 N–H and O–H groups in total. The summed E-state index contributed by atoms with van der Waals surface area (Å²) in [6.07, 6.45) is 4.99. The van der Waals surface area contributed by atoms with Crippen molar-refractivity contribution in [1.29, 1.82) is 0 Å². The van der Waals surface area contributed by atoms with Crippen molar-refractivity contribution in [3.05, 3.63) is 23.8 Å². The van der Waals surface area contributed by atoms with Gasteiger partial charge in [0, 0.05) is 5.69 Å². The van der Waals surface area contributed by atoms with Crippen molar-refractivity contribution in [3.8, 4) is 12.3 Å². The second-order valence-electron chi connectivity index (χ2n) is 3.32. The van der Waals surface area contributed by atoms with E-state index in [1.165, 1.54) is 6.92 Å². The van der Waals surface area contributed by atoms with Gasteiger partial charge < -0.3 is 5.73 Å². The van der Waals surface area contributed by atoms with E-state index >= 15 is 0 Å². The minimum Gasteiger partial charge on any atom is -0.399 e. The summed E-state index contributed by atoms with van der Waals surface area (Å²) < 4.78 is 51.6. The Morgan fingerprint density at radius 1 is 1.47 bits per heavy atom. The predicted octanol–water partition coefficient (Wildman–Crippen LogP) is 0.847. The van der Waals surface area contributed by atoms with Crippen LogP contribution in [-0.2, 0) is 10.0 Å². The molecule has 0 heterocycles. The lowest BCUT2D eigenvalue weighted by molar-refractivity contribution is 0.483. The first-order chi connectivity index (χ1) is 7.77. The van der Waals surface area contributed by atoms with E-state index in [9.17, 15) is 17.2 Å². The van der Waals surface area contributed by atoms with Crippen LogP contribution in [0.1, 0.15) is 6.92 Å². The number of nitrogen functional groups attached to an aromatic ring is 1. The Balaban J connectivity index is 3.30. The number of benzene rings is 1. The van der Waals surface area contributed by atoms with E-state index in [1.807, 2.05) is 4.72 Å². The average molecular weight is 260 g/mol. The number of nitrogens with one attached hydrogen (secondary N) is 1. The molecule has 0 saturated carbocycles. The number of sulfonamides is 1. The van der Waals surface area contributed by atoms with E-state index in [0.717, 1.165) is 6.07 Å². The summed E-state index contributed by atoms with van der Waals surface area (Å²) in [6, 6.07) is 0.673. The topological polar surface area (TPSA) is 72.2 Å². The Bertz CT molecular complexity index is 579. The van der Waals surface area contributed by atoms with Gasteiger partial charge in [-0.15, -0.1) is 6.42 Å². The Morgan fingerprint density at radius 2 is 2.06 bits per heavy atom. The van der Waals surface area contributed by atoms with Crippen molar-refractivity contribution in [2.24, 2.45) is 0 Å². The summed E-state index contributed by atoms with van der Waals surface area (Å²) in [5, 5.41) is 0. The van der Waals surface area contributed by atoms with Gasteiger partial charge in [0.1, 0.15) is 4.90 Å². The zero-order valence-electron chi connectivity index (χ0n) is 8.87. The lowest BCUT2D eigenvalue weighted by atomic mass is 10.3. The average Bonchev–Trinajstić information content (AvgIpc) is 2.22. The highest BCUT2D eigenvalue weighted by atomic mass is 32.2. The minimum absolute atomic E-state index is 0.197. The zero-order chi connectivity index (χ0) is 13.2. The highest BCUT2D eigenvalue weighted by Gasteiger charge is 2.23. The molecule has 1 aromatic carbocycles. The summed E-state index contributed by atoms with van der Waals surface area (Å²) in [7, 11) is -4.23. The molecular weight excluding hydrogens is 250 g/mol. The summed E-state index contributed by atoms with van der Waals surface area (Å²) >= 11 is 0. The van der Waals surface area contributed by atoms with Crippen LogP contribution >= 0.6 is 0 Å². The molecule has 0 aromatic heterocycles. The first-order valence-corrected chi connectivity index (χ1v) is 5.99. The highest BCUT2D eigenvalue weighted by molar-refractivity contribution is 7.89. The van der Waals surface area contributed by atoms with E-state index in [4.69, 9.17) is 12.2 Å². The first kappa shape index (κ1) is 13.4. The molecule has 17 heavy (non-hydrogen) atoms. The van der Waals surface area contributed by atoms with Crippen LogP contribution < -0.4 is 10.5 Å². The SMILES string of the molecule is C#CC(C)NS(=O)(=O)c1cc(N)cc(F)c1F. The molecular formula is C10H10F2N2O2S. The second kappa shape index (κ2) is 4.69. The predicted molar refractivity (Wildman–Crippen MR) is 59.4 cm³/mol. The molecule has 0 aliphatic carbocycles. The molecule has 4 nitrogen and oxygen atoms in total. The molecule has 1 aromatic rings. The molecule has 0 amide bonds. The number of hydrogen-bond acceptors (Lipinski definition) is 3. The van der Waals surface area contributed by atoms with Gasteiger partial charge in [-0.2, -0.15) is 4.72 Å². The standard InChI is InChI=1S/C10H10F2N2O2S/c1-3-6(2)14-17(15,16)9-5-7(13)4-8(11)10(9)12/h1,4-6,14H,13H2,2H3. The minimum atomic E-state index is -4.23. The largest absolute Gasteiger partial charge is 0.399 e. The molecule has 1 rings (SSSR count). The molecule has 1 atom stereocenters. The van der Waals surface area contributed by atoms with E-state index in [1.54, 1.807) is 0 Å². The van der Waals surface area contributed by atoms with Gasteiger partial charge in [0.2, 0.25) is 10.0 Å². The Morgan fingerprint density at radius 3 is 2.59 bits per heavy atom. The Hall–Kier alpha value is -1.65. The second-order valence-corrected chi connectivity index (χ2v) is 5.01. The van der Waals surface area contributed by atoms with Crippen molar-refractivity contribution in [2.45, 2.75) is 17.9 Å². The van der Waals surface area contributed by atoms with Crippen LogP contribution in [0.2, 0.25) is 0 Å². The van der Waals surface area contributed by atoms with E-state index in [2.05, 4.69) is 5.92 Å². The normalized spacial score (nSPS) is 13.1. The van der Waals surface area contributed by atoms with Gasteiger partial charge in [0.25, 0.3) is 0 Å². The first-order valence-electron chi connectivity index (χ1n) is 4.51. The summed E-state index contributed by atoms with van der Waals surface area (Å²) in [6.45, 7) is 1.39. The van der Waals surface area contributed by atoms with Crippen LogP contribution in [0, 0.1) is 24.0 Å². The van der Waals surface area contributed by atoms with Gasteiger partial charge in [0.15, 0.2) is 11.6 Å². The van der Waals surface area contributed by atoms with E-state index in [-0.39, 0.29) is 5.69 Å².